The fourth-order valence-electron chi connectivity index (χ4n) is 3.58. The molecule has 1 fully saturated rings. The minimum atomic E-state index is -3.63. The number of hydrogen-bond donors (Lipinski definition) is 0. The summed E-state index contributed by atoms with van der Waals surface area (Å²) in [4.78, 5) is 6.50. The molecular weight excluding hydrogens is 468 g/mol. The summed E-state index contributed by atoms with van der Waals surface area (Å²) in [6.07, 6.45) is -0.963. The molecule has 3 heterocycles. The third-order valence-corrected chi connectivity index (χ3v) is 7.18. The van der Waals surface area contributed by atoms with Crippen molar-refractivity contribution in [3.63, 3.8) is 0 Å². The highest BCUT2D eigenvalue weighted by molar-refractivity contribution is 7.92. The molecule has 1 saturated heterocycles. The van der Waals surface area contributed by atoms with Crippen LogP contribution in [0.5, 0.6) is 0 Å². The molecule has 12 heteroatoms. The number of ether oxygens (including phenoxy) is 1. The number of nitrogens with zero attached hydrogens (tertiary/aromatic N) is 5. The molecule has 34 heavy (non-hydrogen) atoms. The number of halogens is 2. The van der Waals surface area contributed by atoms with Gasteiger partial charge in [-0.2, -0.15) is 8.78 Å². The summed E-state index contributed by atoms with van der Waals surface area (Å²) in [6, 6.07) is 12.0. The molecule has 0 unspecified atom stereocenters. The van der Waals surface area contributed by atoms with Crippen molar-refractivity contribution < 1.29 is 26.4 Å². The van der Waals surface area contributed by atoms with Gasteiger partial charge in [0.2, 0.25) is 15.9 Å². The van der Waals surface area contributed by atoms with Crippen LogP contribution >= 0.6 is 0 Å². The summed E-state index contributed by atoms with van der Waals surface area (Å²) >= 11 is 0. The Kier molecular flexibility index (Phi) is 7.80. The molecule has 1 aliphatic rings. The molecule has 182 valence electrons. The van der Waals surface area contributed by atoms with E-state index in [0.29, 0.717) is 43.1 Å². The van der Waals surface area contributed by atoms with Crippen molar-refractivity contribution >= 4 is 15.7 Å². The van der Waals surface area contributed by atoms with Crippen molar-refractivity contribution in [2.75, 3.05) is 42.9 Å². The summed E-state index contributed by atoms with van der Waals surface area (Å²) in [5.41, 5.74) is 1.39. The van der Waals surface area contributed by atoms with Crippen molar-refractivity contribution in [3.8, 4) is 11.5 Å². The SMILES string of the molecule is O=S(=O)(CCCN1CCOCC1)N(Cc1ccc(-c2nnc(C(F)F)o2)cn1)c1ccccc1. The number of anilines is 1. The number of rotatable bonds is 10. The number of para-hydroxylation sites is 1. The van der Waals surface area contributed by atoms with Gasteiger partial charge in [0, 0.05) is 19.3 Å². The third-order valence-electron chi connectivity index (χ3n) is 5.36. The van der Waals surface area contributed by atoms with Crippen molar-refractivity contribution in [2.45, 2.75) is 19.4 Å². The Balaban J connectivity index is 1.47. The van der Waals surface area contributed by atoms with Crippen molar-refractivity contribution in [1.82, 2.24) is 20.1 Å². The quantitative estimate of drug-likeness (QED) is 0.425. The zero-order chi connectivity index (χ0) is 24.0. The molecule has 0 saturated carbocycles. The van der Waals surface area contributed by atoms with E-state index in [-0.39, 0.29) is 18.2 Å². The minimum Gasteiger partial charge on any atom is -0.415 e. The van der Waals surface area contributed by atoms with E-state index in [0.717, 1.165) is 13.1 Å². The largest absolute Gasteiger partial charge is 0.415 e. The van der Waals surface area contributed by atoms with Crippen LogP contribution in [0, 0.1) is 0 Å². The molecule has 3 aromatic rings. The highest BCUT2D eigenvalue weighted by atomic mass is 32.2. The van der Waals surface area contributed by atoms with Gasteiger partial charge in [-0.05, 0) is 37.2 Å². The number of alkyl halides is 2. The van der Waals surface area contributed by atoms with Gasteiger partial charge < -0.3 is 9.15 Å². The molecule has 0 aliphatic carbocycles. The normalized spacial score (nSPS) is 15.0. The molecule has 9 nitrogen and oxygen atoms in total. The predicted molar refractivity (Wildman–Crippen MR) is 121 cm³/mol. The van der Waals surface area contributed by atoms with Crippen LogP contribution in [0.4, 0.5) is 14.5 Å². The lowest BCUT2D eigenvalue weighted by Crippen LogP contribution is -2.38. The van der Waals surface area contributed by atoms with E-state index >= 15 is 0 Å². The molecule has 0 bridgehead atoms. The molecule has 0 N–H and O–H groups in total. The number of benzene rings is 1. The Hall–Kier alpha value is -2.96. The molecule has 0 radical (unpaired) electrons. The monoisotopic (exact) mass is 493 g/mol. The van der Waals surface area contributed by atoms with Crippen LogP contribution < -0.4 is 4.31 Å². The van der Waals surface area contributed by atoms with Crippen LogP contribution in [-0.2, 0) is 21.3 Å². The smallest absolute Gasteiger partial charge is 0.314 e. The first kappa shape index (κ1) is 24.2. The second kappa shape index (κ2) is 11.0. The summed E-state index contributed by atoms with van der Waals surface area (Å²) in [5, 5.41) is 6.91. The first-order chi connectivity index (χ1) is 16.4. The van der Waals surface area contributed by atoms with E-state index < -0.39 is 22.3 Å². The van der Waals surface area contributed by atoms with Gasteiger partial charge in [0.25, 0.3) is 5.89 Å². The van der Waals surface area contributed by atoms with Gasteiger partial charge in [0.05, 0.1) is 42.5 Å². The van der Waals surface area contributed by atoms with E-state index in [1.54, 1.807) is 36.4 Å². The van der Waals surface area contributed by atoms with Crippen LogP contribution in [-0.4, -0.2) is 67.1 Å². The molecule has 0 amide bonds. The zero-order valence-electron chi connectivity index (χ0n) is 18.4. The Labute approximate surface area is 196 Å². The predicted octanol–water partition coefficient (Wildman–Crippen LogP) is 3.13. The topological polar surface area (TPSA) is 102 Å². The lowest BCUT2D eigenvalue weighted by atomic mass is 10.2. The molecule has 2 aromatic heterocycles. The van der Waals surface area contributed by atoms with Crippen molar-refractivity contribution in [1.29, 1.82) is 0 Å². The van der Waals surface area contributed by atoms with Gasteiger partial charge in [-0.3, -0.25) is 14.2 Å². The molecule has 0 atom stereocenters. The maximum Gasteiger partial charge on any atom is 0.314 e. The second-order valence-electron chi connectivity index (χ2n) is 7.75. The second-order valence-corrected chi connectivity index (χ2v) is 9.76. The Morgan fingerprint density at radius 1 is 1.06 bits per heavy atom. The van der Waals surface area contributed by atoms with E-state index in [9.17, 15) is 17.2 Å². The Morgan fingerprint density at radius 2 is 1.82 bits per heavy atom. The van der Waals surface area contributed by atoms with Crippen LogP contribution in [0.25, 0.3) is 11.5 Å². The van der Waals surface area contributed by atoms with E-state index in [2.05, 4.69) is 20.1 Å². The Morgan fingerprint density at radius 3 is 2.47 bits per heavy atom. The van der Waals surface area contributed by atoms with Crippen LogP contribution in [0.15, 0.2) is 53.1 Å². The summed E-state index contributed by atoms with van der Waals surface area (Å²) < 4.78 is 63.6. The summed E-state index contributed by atoms with van der Waals surface area (Å²) in [6.45, 7) is 3.64. The van der Waals surface area contributed by atoms with E-state index in [1.807, 2.05) is 6.07 Å². The number of hydrogen-bond acceptors (Lipinski definition) is 8. The maximum atomic E-state index is 13.3. The lowest BCUT2D eigenvalue weighted by Gasteiger charge is -2.28. The molecule has 1 aliphatic heterocycles. The average molecular weight is 494 g/mol. The Bertz CT molecular complexity index is 1150. The van der Waals surface area contributed by atoms with Crippen molar-refractivity contribution in [3.05, 3.63) is 60.2 Å². The van der Waals surface area contributed by atoms with Gasteiger partial charge >= 0.3 is 6.43 Å². The van der Waals surface area contributed by atoms with Gasteiger partial charge in [-0.1, -0.05) is 18.2 Å². The number of pyridine rings is 1. The molecular formula is C22H25F2N5O4S. The lowest BCUT2D eigenvalue weighted by molar-refractivity contribution is 0.0381. The summed E-state index contributed by atoms with van der Waals surface area (Å²) in [7, 11) is -3.63. The fourth-order valence-corrected chi connectivity index (χ4v) is 5.07. The minimum absolute atomic E-state index is 0.00424. The number of morpholine rings is 1. The first-order valence-corrected chi connectivity index (χ1v) is 12.5. The first-order valence-electron chi connectivity index (χ1n) is 10.8. The maximum absolute atomic E-state index is 13.3. The molecule has 0 spiro atoms. The number of sulfonamides is 1. The van der Waals surface area contributed by atoms with Crippen LogP contribution in [0.3, 0.4) is 0 Å². The van der Waals surface area contributed by atoms with Gasteiger partial charge in [0.1, 0.15) is 0 Å². The van der Waals surface area contributed by atoms with Gasteiger partial charge in [0.15, 0.2) is 0 Å². The van der Waals surface area contributed by atoms with E-state index in [4.69, 9.17) is 9.15 Å². The average Bonchev–Trinajstić information content (AvgIpc) is 3.35. The highest BCUT2D eigenvalue weighted by Gasteiger charge is 2.24. The molecule has 1 aromatic carbocycles. The fraction of sp³-hybridized carbons (Fsp3) is 0.409. The standard InChI is InChI=1S/C22H25F2N5O4S/c23-20(24)22-27-26-21(33-22)17-7-8-18(25-15-17)16-29(19-5-2-1-3-6-19)34(30,31)14-4-9-28-10-12-32-13-11-28/h1-3,5-8,15,20H,4,9-14,16H2. The summed E-state index contributed by atoms with van der Waals surface area (Å²) in [5.74, 6) is -0.849. The van der Waals surface area contributed by atoms with Gasteiger partial charge in [-0.25, -0.2) is 8.42 Å². The van der Waals surface area contributed by atoms with E-state index in [1.165, 1.54) is 10.5 Å². The highest BCUT2D eigenvalue weighted by Crippen LogP contribution is 2.24. The van der Waals surface area contributed by atoms with Crippen LogP contribution in [0.1, 0.15) is 24.4 Å². The third kappa shape index (κ3) is 6.13. The molecule has 4 rings (SSSR count). The number of aromatic nitrogens is 3. The van der Waals surface area contributed by atoms with Crippen molar-refractivity contribution in [2.24, 2.45) is 0 Å². The zero-order valence-corrected chi connectivity index (χ0v) is 19.2. The van der Waals surface area contributed by atoms with Crippen LogP contribution in [0.2, 0.25) is 0 Å². The van der Waals surface area contributed by atoms with Gasteiger partial charge in [-0.15, -0.1) is 10.2 Å².